The van der Waals surface area contributed by atoms with Crippen LogP contribution in [0.15, 0.2) is 30.9 Å². The fraction of sp³-hybridized carbons (Fsp3) is 0.524. The van der Waals surface area contributed by atoms with Crippen LogP contribution in [0.1, 0.15) is 27.2 Å². The molecule has 0 bridgehead atoms. The molecule has 1 aliphatic rings. The predicted octanol–water partition coefficient (Wildman–Crippen LogP) is 2.53. The summed E-state index contributed by atoms with van der Waals surface area (Å²) in [6.07, 6.45) is 7.14. The molecule has 1 fully saturated rings. The van der Waals surface area contributed by atoms with Crippen LogP contribution in [0.4, 0.5) is 4.79 Å². The highest BCUT2D eigenvalue weighted by atomic mass is 16.6. The summed E-state index contributed by atoms with van der Waals surface area (Å²) in [5.74, 6) is 0.466. The minimum Gasteiger partial charge on any atom is -0.470 e. The Morgan fingerprint density at radius 1 is 1.26 bits per heavy atom. The molecule has 0 N–H and O–H groups in total. The molecule has 0 radical (unpaired) electrons. The zero-order valence-corrected chi connectivity index (χ0v) is 18.5. The SMILES string of the molecule is CN(C(=O)OC(C)(C)C)[C@H]1COC[C@H](Oc2nc(-c3cnn(C)c3)cn3nccc23)C1. The summed E-state index contributed by atoms with van der Waals surface area (Å²) in [5, 5.41) is 8.55. The Morgan fingerprint density at radius 2 is 2.06 bits per heavy atom. The molecule has 0 saturated carbocycles. The fourth-order valence-electron chi connectivity index (χ4n) is 3.45. The second kappa shape index (κ2) is 8.18. The van der Waals surface area contributed by atoms with E-state index in [0.717, 1.165) is 11.1 Å². The van der Waals surface area contributed by atoms with Crippen LogP contribution in [0, 0.1) is 0 Å². The molecule has 4 rings (SSSR count). The molecule has 0 aromatic carbocycles. The molecule has 166 valence electrons. The number of hydrogen-bond acceptors (Lipinski definition) is 7. The van der Waals surface area contributed by atoms with E-state index in [1.165, 1.54) is 0 Å². The zero-order chi connectivity index (χ0) is 22.2. The largest absolute Gasteiger partial charge is 0.470 e. The molecular weight excluding hydrogens is 400 g/mol. The van der Waals surface area contributed by atoms with Crippen molar-refractivity contribution in [1.29, 1.82) is 0 Å². The quantitative estimate of drug-likeness (QED) is 0.630. The predicted molar refractivity (Wildman–Crippen MR) is 113 cm³/mol. The Morgan fingerprint density at radius 3 is 2.77 bits per heavy atom. The number of ether oxygens (including phenoxy) is 3. The van der Waals surface area contributed by atoms with Gasteiger partial charge in [0.25, 0.3) is 0 Å². The van der Waals surface area contributed by atoms with E-state index in [9.17, 15) is 4.79 Å². The van der Waals surface area contributed by atoms with Crippen molar-refractivity contribution in [2.75, 3.05) is 20.3 Å². The van der Waals surface area contributed by atoms with Crippen LogP contribution in [-0.2, 0) is 16.5 Å². The molecule has 3 aromatic heterocycles. The molecule has 0 aliphatic carbocycles. The highest BCUT2D eigenvalue weighted by Crippen LogP contribution is 2.26. The molecule has 1 amide bonds. The van der Waals surface area contributed by atoms with Crippen molar-refractivity contribution in [2.45, 2.75) is 44.9 Å². The van der Waals surface area contributed by atoms with Gasteiger partial charge in [-0.2, -0.15) is 10.2 Å². The van der Waals surface area contributed by atoms with Crippen molar-refractivity contribution < 1.29 is 19.0 Å². The van der Waals surface area contributed by atoms with Gasteiger partial charge in [-0.3, -0.25) is 4.68 Å². The molecule has 0 unspecified atom stereocenters. The molecule has 10 heteroatoms. The Kier molecular flexibility index (Phi) is 5.57. The van der Waals surface area contributed by atoms with E-state index < -0.39 is 5.60 Å². The van der Waals surface area contributed by atoms with Crippen LogP contribution in [-0.4, -0.2) is 73.4 Å². The molecular formula is C21H28N6O4. The highest BCUT2D eigenvalue weighted by molar-refractivity contribution is 5.68. The lowest BCUT2D eigenvalue weighted by Crippen LogP contribution is -2.49. The lowest BCUT2D eigenvalue weighted by molar-refractivity contribution is -0.0464. The topological polar surface area (TPSA) is 96.0 Å². The molecule has 1 aliphatic heterocycles. The average molecular weight is 428 g/mol. The van der Waals surface area contributed by atoms with Crippen LogP contribution >= 0.6 is 0 Å². The first kappa shape index (κ1) is 21.1. The summed E-state index contributed by atoms with van der Waals surface area (Å²) in [5.41, 5.74) is 1.78. The number of nitrogens with zero attached hydrogens (tertiary/aromatic N) is 6. The van der Waals surface area contributed by atoms with E-state index in [2.05, 4.69) is 10.2 Å². The number of fused-ring (bicyclic) bond motifs is 1. The maximum atomic E-state index is 12.4. The van der Waals surface area contributed by atoms with Crippen molar-refractivity contribution in [2.24, 2.45) is 7.05 Å². The van der Waals surface area contributed by atoms with E-state index in [1.807, 2.05) is 46.3 Å². The lowest BCUT2D eigenvalue weighted by atomic mass is 10.1. The van der Waals surface area contributed by atoms with Crippen molar-refractivity contribution >= 4 is 11.6 Å². The molecule has 3 aromatic rings. The van der Waals surface area contributed by atoms with Gasteiger partial charge in [0, 0.05) is 32.3 Å². The van der Waals surface area contributed by atoms with E-state index in [1.54, 1.807) is 33.5 Å². The highest BCUT2D eigenvalue weighted by Gasteiger charge is 2.32. The number of carbonyl (C=O) groups excluding carboxylic acids is 1. The van der Waals surface area contributed by atoms with Gasteiger partial charge in [0.05, 0.1) is 43.5 Å². The van der Waals surface area contributed by atoms with Gasteiger partial charge in [-0.05, 0) is 26.8 Å². The second-order valence-electron chi connectivity index (χ2n) is 8.75. The number of carbonyl (C=O) groups is 1. The van der Waals surface area contributed by atoms with Crippen molar-refractivity contribution in [3.05, 3.63) is 30.9 Å². The van der Waals surface area contributed by atoms with Crippen LogP contribution < -0.4 is 4.74 Å². The second-order valence-corrected chi connectivity index (χ2v) is 8.75. The first-order valence-electron chi connectivity index (χ1n) is 10.2. The number of aryl methyl sites for hydroxylation is 1. The number of amides is 1. The minimum atomic E-state index is -0.555. The Labute approximate surface area is 180 Å². The summed E-state index contributed by atoms with van der Waals surface area (Å²) in [6, 6.07) is 1.69. The van der Waals surface area contributed by atoms with E-state index in [4.69, 9.17) is 19.2 Å². The maximum absolute atomic E-state index is 12.4. The van der Waals surface area contributed by atoms with E-state index in [-0.39, 0.29) is 18.2 Å². The monoisotopic (exact) mass is 428 g/mol. The third-order valence-corrected chi connectivity index (χ3v) is 5.01. The number of hydrogen-bond donors (Lipinski definition) is 0. The lowest BCUT2D eigenvalue weighted by Gasteiger charge is -2.35. The van der Waals surface area contributed by atoms with Gasteiger partial charge in [0.2, 0.25) is 5.88 Å². The Balaban J connectivity index is 1.52. The summed E-state index contributed by atoms with van der Waals surface area (Å²) in [4.78, 5) is 18.7. The number of aromatic nitrogens is 5. The minimum absolute atomic E-state index is 0.156. The number of rotatable bonds is 4. The molecule has 4 heterocycles. The van der Waals surface area contributed by atoms with Crippen LogP contribution in [0.5, 0.6) is 5.88 Å². The first-order valence-corrected chi connectivity index (χ1v) is 10.2. The maximum Gasteiger partial charge on any atom is 0.410 e. The Bertz CT molecular complexity index is 1070. The number of likely N-dealkylation sites (N-methyl/N-ethyl adjacent to an activating group) is 1. The molecule has 0 spiro atoms. The van der Waals surface area contributed by atoms with Gasteiger partial charge in [-0.15, -0.1) is 0 Å². The standard InChI is InChI=1S/C21H28N6O4/c1-21(2,3)31-20(28)26(5)15-8-16(13-29-12-15)30-19-18-6-7-22-27(18)11-17(24-19)14-9-23-25(4)10-14/h6-7,9-11,15-16H,8,12-13H2,1-5H3/t15-,16-/m1/s1. The summed E-state index contributed by atoms with van der Waals surface area (Å²) < 4.78 is 20.9. The van der Waals surface area contributed by atoms with Crippen molar-refractivity contribution in [1.82, 2.24) is 29.3 Å². The summed E-state index contributed by atoms with van der Waals surface area (Å²) in [6.45, 7) is 6.39. The van der Waals surface area contributed by atoms with Crippen molar-refractivity contribution in [3.8, 4) is 17.1 Å². The first-order chi connectivity index (χ1) is 14.7. The van der Waals surface area contributed by atoms with Gasteiger partial charge in [-0.25, -0.2) is 14.3 Å². The van der Waals surface area contributed by atoms with Crippen molar-refractivity contribution in [3.63, 3.8) is 0 Å². The van der Waals surface area contributed by atoms with Crippen LogP contribution in [0.25, 0.3) is 16.8 Å². The van der Waals surface area contributed by atoms with Gasteiger partial charge in [0.1, 0.15) is 17.2 Å². The fourth-order valence-corrected chi connectivity index (χ4v) is 3.45. The third-order valence-electron chi connectivity index (χ3n) is 5.01. The van der Waals surface area contributed by atoms with Crippen LogP contribution in [0.3, 0.4) is 0 Å². The summed E-state index contributed by atoms with van der Waals surface area (Å²) in [7, 11) is 3.58. The molecule has 31 heavy (non-hydrogen) atoms. The molecule has 1 saturated heterocycles. The van der Waals surface area contributed by atoms with Gasteiger partial charge in [-0.1, -0.05) is 0 Å². The summed E-state index contributed by atoms with van der Waals surface area (Å²) >= 11 is 0. The van der Waals surface area contributed by atoms with E-state index in [0.29, 0.717) is 31.2 Å². The molecule has 2 atom stereocenters. The van der Waals surface area contributed by atoms with Gasteiger partial charge in [0.15, 0.2) is 0 Å². The Hall–Kier alpha value is -3.14. The smallest absolute Gasteiger partial charge is 0.410 e. The average Bonchev–Trinajstić information content (AvgIpc) is 3.35. The zero-order valence-electron chi connectivity index (χ0n) is 18.5. The van der Waals surface area contributed by atoms with Gasteiger partial charge >= 0.3 is 6.09 Å². The normalized spacial score (nSPS) is 19.4. The van der Waals surface area contributed by atoms with Crippen LogP contribution in [0.2, 0.25) is 0 Å². The van der Waals surface area contributed by atoms with E-state index >= 15 is 0 Å². The molecule has 10 nitrogen and oxygen atoms in total. The third kappa shape index (κ3) is 4.79. The van der Waals surface area contributed by atoms with Gasteiger partial charge < -0.3 is 19.1 Å².